The number of amides is 7. The van der Waals surface area contributed by atoms with Crippen molar-refractivity contribution < 1.29 is 57.5 Å². The molecule has 0 unspecified atom stereocenters. The zero-order valence-electron chi connectivity index (χ0n) is 28.9. The molecule has 0 bridgehead atoms. The highest BCUT2D eigenvalue weighted by Crippen LogP contribution is 2.37. The number of primary amides is 2. The maximum Gasteiger partial charge on any atom is 0.524 e. The largest absolute Gasteiger partial charge is 0.524 e. The van der Waals surface area contributed by atoms with Gasteiger partial charge in [-0.1, -0.05) is 26.0 Å². The lowest BCUT2D eigenvalue weighted by Crippen LogP contribution is -2.59. The number of rotatable bonds is 19. The van der Waals surface area contributed by atoms with Gasteiger partial charge in [0.2, 0.25) is 41.4 Å². The summed E-state index contributed by atoms with van der Waals surface area (Å²) in [6.07, 6.45) is -1.21. The third-order valence-electron chi connectivity index (χ3n) is 7.84. The molecule has 1 fully saturated rings. The van der Waals surface area contributed by atoms with Crippen molar-refractivity contribution in [2.45, 2.75) is 103 Å². The van der Waals surface area contributed by atoms with Crippen molar-refractivity contribution in [2.75, 3.05) is 6.54 Å². The van der Waals surface area contributed by atoms with E-state index in [-0.39, 0.29) is 50.3 Å². The smallest absolute Gasteiger partial charge is 0.404 e. The zero-order valence-corrected chi connectivity index (χ0v) is 29.8. The van der Waals surface area contributed by atoms with Gasteiger partial charge in [-0.3, -0.25) is 43.3 Å². The molecule has 0 saturated carbocycles. The number of likely N-dealkylation sites (tertiary alicyclic amines) is 1. The molecule has 0 aliphatic carbocycles. The number of nitrogens with zero attached hydrogens (tertiary/aromatic N) is 1. The highest BCUT2D eigenvalue weighted by molar-refractivity contribution is 7.46. The fourth-order valence-electron chi connectivity index (χ4n) is 5.49. The van der Waals surface area contributed by atoms with E-state index in [1.54, 1.807) is 0 Å². The van der Waals surface area contributed by atoms with Crippen LogP contribution in [0.15, 0.2) is 24.3 Å². The molecule has 7 amide bonds. The molecule has 1 aromatic carbocycles. The maximum atomic E-state index is 14.0. The summed E-state index contributed by atoms with van der Waals surface area (Å²) in [5.41, 5.74) is 11.0. The molecule has 1 saturated heterocycles. The minimum absolute atomic E-state index is 0.0562. The normalized spacial score (nSPS) is 17.3. The average molecular weight is 742 g/mol. The van der Waals surface area contributed by atoms with Crippen molar-refractivity contribution >= 4 is 49.2 Å². The predicted octanol–water partition coefficient (Wildman–Crippen LogP) is -2.17. The number of carbonyl (C=O) groups is 7. The van der Waals surface area contributed by atoms with Gasteiger partial charge in [0.05, 0.1) is 6.10 Å². The number of phosphoric ester groups is 1. The molecular formula is C31H48N7O12P. The van der Waals surface area contributed by atoms with Gasteiger partial charge in [-0.2, -0.15) is 0 Å². The van der Waals surface area contributed by atoms with Crippen molar-refractivity contribution in [3.05, 3.63) is 29.8 Å². The third kappa shape index (κ3) is 14.3. The zero-order chi connectivity index (χ0) is 38.6. The van der Waals surface area contributed by atoms with E-state index in [4.69, 9.17) is 21.3 Å². The Labute approximate surface area is 294 Å². The monoisotopic (exact) mass is 741 g/mol. The van der Waals surface area contributed by atoms with Gasteiger partial charge in [0.25, 0.3) is 0 Å². The van der Waals surface area contributed by atoms with Gasteiger partial charge < -0.3 is 47.3 Å². The Bertz CT molecular complexity index is 1480. The molecule has 2 rings (SSSR count). The Kier molecular flexibility index (Phi) is 16.0. The van der Waals surface area contributed by atoms with Crippen LogP contribution < -0.4 is 37.3 Å². The fourth-order valence-corrected chi connectivity index (χ4v) is 5.89. The lowest BCUT2D eigenvalue weighted by molar-refractivity contribution is -0.143. The van der Waals surface area contributed by atoms with Crippen LogP contribution in [-0.2, 0) is 44.5 Å². The van der Waals surface area contributed by atoms with Gasteiger partial charge in [0.15, 0.2) is 0 Å². The molecule has 1 aliphatic rings. The quantitative estimate of drug-likeness (QED) is 0.0685. The Morgan fingerprint density at radius 1 is 0.922 bits per heavy atom. The number of nitrogens with two attached hydrogens (primary N) is 2. The van der Waals surface area contributed by atoms with E-state index in [1.807, 2.05) is 13.8 Å². The van der Waals surface area contributed by atoms with Crippen LogP contribution >= 0.6 is 7.82 Å². The molecular weight excluding hydrogens is 693 g/mol. The molecule has 1 aromatic rings. The van der Waals surface area contributed by atoms with Crippen LogP contribution in [0.3, 0.4) is 0 Å². The van der Waals surface area contributed by atoms with Crippen molar-refractivity contribution in [3.63, 3.8) is 0 Å². The Morgan fingerprint density at radius 2 is 1.53 bits per heavy atom. The van der Waals surface area contributed by atoms with E-state index in [0.29, 0.717) is 12.0 Å². The summed E-state index contributed by atoms with van der Waals surface area (Å²) in [6.45, 7) is 6.22. The van der Waals surface area contributed by atoms with Crippen LogP contribution in [0.5, 0.6) is 5.75 Å². The molecule has 6 atom stereocenters. The number of benzene rings is 1. The highest BCUT2D eigenvalue weighted by Gasteiger charge is 2.40. The van der Waals surface area contributed by atoms with Crippen molar-refractivity contribution in [3.8, 4) is 5.75 Å². The number of nitrogens with one attached hydrogen (secondary N) is 4. The van der Waals surface area contributed by atoms with Gasteiger partial charge in [-0.05, 0) is 56.2 Å². The van der Waals surface area contributed by atoms with Crippen LogP contribution in [0, 0.1) is 5.92 Å². The molecule has 1 aliphatic heterocycles. The third-order valence-corrected chi connectivity index (χ3v) is 8.29. The standard InChI is InChI=1S/C31H48N7O12P/c1-16(2)14-23(36-29(44)22(34-18(4)40)15-19-7-9-20(10-8-19)50-51(47,48)49)31(46)38-13-5-6-24(38)30(45)35-21(11-12-25(32)41)28(43)37-26(17(3)39)27(33)42/h7-10,16-17,21-24,26,39H,5-6,11-15H2,1-4H3,(H2,32,41)(H2,33,42)(H,34,40)(H,35,45)(H,36,44)(H,37,43)(H2,47,48,49)/t17-,21-,22-,23-,24-,26-/m0/s1. The summed E-state index contributed by atoms with van der Waals surface area (Å²) in [5.74, 6) is -5.50. The lowest BCUT2D eigenvalue weighted by atomic mass is 10.00. The predicted molar refractivity (Wildman–Crippen MR) is 180 cm³/mol. The minimum Gasteiger partial charge on any atom is -0.404 e. The van der Waals surface area contributed by atoms with Gasteiger partial charge in [0.1, 0.15) is 36.0 Å². The molecule has 20 heteroatoms. The number of carbonyl (C=O) groups excluding carboxylic acids is 7. The summed E-state index contributed by atoms with van der Waals surface area (Å²) >= 11 is 0. The molecule has 11 N–H and O–H groups in total. The lowest BCUT2D eigenvalue weighted by Gasteiger charge is -2.31. The maximum absolute atomic E-state index is 14.0. The number of hydrogen-bond acceptors (Lipinski definition) is 10. The SMILES string of the molecule is CC(=O)N[C@@H](Cc1ccc(OP(=O)(O)O)cc1)C(=O)N[C@@H](CC(C)C)C(=O)N1CCC[C@H]1C(=O)N[C@@H](CCC(N)=O)C(=O)N[C@H](C(N)=O)[C@H](C)O. The van der Waals surface area contributed by atoms with Crippen LogP contribution in [0.4, 0.5) is 0 Å². The van der Waals surface area contributed by atoms with Crippen LogP contribution in [0.2, 0.25) is 0 Å². The summed E-state index contributed by atoms with van der Waals surface area (Å²) in [6, 6.07) is -0.763. The number of hydrogen-bond donors (Lipinski definition) is 9. The summed E-state index contributed by atoms with van der Waals surface area (Å²) < 4.78 is 15.7. The second-order valence-corrected chi connectivity index (χ2v) is 13.9. The summed E-state index contributed by atoms with van der Waals surface area (Å²) in [4.78, 5) is 109. The summed E-state index contributed by atoms with van der Waals surface area (Å²) in [5, 5.41) is 19.9. The highest BCUT2D eigenvalue weighted by atomic mass is 31.2. The Balaban J connectivity index is 2.26. The molecule has 0 radical (unpaired) electrons. The number of aliphatic hydroxyl groups is 1. The molecule has 284 valence electrons. The molecule has 19 nitrogen and oxygen atoms in total. The average Bonchev–Trinajstić information content (AvgIpc) is 3.50. The first-order valence-corrected chi connectivity index (χ1v) is 17.8. The Hall–Kier alpha value is -4.58. The van der Waals surface area contributed by atoms with E-state index in [9.17, 15) is 43.2 Å². The molecule has 0 aromatic heterocycles. The van der Waals surface area contributed by atoms with E-state index < -0.39 is 85.5 Å². The Morgan fingerprint density at radius 3 is 2.04 bits per heavy atom. The van der Waals surface area contributed by atoms with Crippen LogP contribution in [0.25, 0.3) is 0 Å². The van der Waals surface area contributed by atoms with E-state index in [0.717, 1.165) is 0 Å². The topological polar surface area (TPSA) is 310 Å². The molecule has 1 heterocycles. The number of aliphatic hydroxyl groups excluding tert-OH is 1. The van der Waals surface area contributed by atoms with Gasteiger partial charge in [-0.25, -0.2) is 4.57 Å². The second-order valence-electron chi connectivity index (χ2n) is 12.8. The van der Waals surface area contributed by atoms with E-state index in [1.165, 1.54) is 43.0 Å². The van der Waals surface area contributed by atoms with Crippen molar-refractivity contribution in [1.29, 1.82) is 0 Å². The van der Waals surface area contributed by atoms with Gasteiger partial charge in [-0.15, -0.1) is 0 Å². The first-order chi connectivity index (χ1) is 23.7. The van der Waals surface area contributed by atoms with Crippen molar-refractivity contribution in [1.82, 2.24) is 26.2 Å². The van der Waals surface area contributed by atoms with Gasteiger partial charge in [0, 0.05) is 26.3 Å². The first kappa shape index (κ1) is 42.6. The van der Waals surface area contributed by atoms with Crippen molar-refractivity contribution in [2.24, 2.45) is 17.4 Å². The molecule has 0 spiro atoms. The molecule has 51 heavy (non-hydrogen) atoms. The van der Waals surface area contributed by atoms with Gasteiger partial charge >= 0.3 is 7.82 Å². The number of phosphoric acid groups is 1. The van der Waals surface area contributed by atoms with E-state index in [2.05, 4.69) is 25.8 Å². The summed E-state index contributed by atoms with van der Waals surface area (Å²) in [7, 11) is -4.79. The first-order valence-electron chi connectivity index (χ1n) is 16.3. The van der Waals surface area contributed by atoms with Crippen LogP contribution in [-0.4, -0.2) is 104 Å². The second kappa shape index (κ2) is 19.1. The minimum atomic E-state index is -4.79. The van der Waals surface area contributed by atoms with E-state index >= 15 is 0 Å². The van der Waals surface area contributed by atoms with Crippen LogP contribution in [0.1, 0.15) is 65.4 Å². The fraction of sp³-hybridized carbons (Fsp3) is 0.581.